The van der Waals surface area contributed by atoms with Gasteiger partial charge in [-0.15, -0.1) is 0 Å². The lowest BCUT2D eigenvalue weighted by atomic mass is 9.96. The van der Waals surface area contributed by atoms with Gasteiger partial charge in [0.05, 0.1) is 36.9 Å². The average Bonchev–Trinajstić information content (AvgIpc) is 2.83. The summed E-state index contributed by atoms with van der Waals surface area (Å²) in [5, 5.41) is 2.82. The van der Waals surface area contributed by atoms with E-state index in [1.54, 1.807) is 36.4 Å². The highest BCUT2D eigenvalue weighted by atomic mass is 19.4. The number of halogens is 3. The zero-order valence-corrected chi connectivity index (χ0v) is 18.1. The zero-order chi connectivity index (χ0) is 23.6. The molecule has 1 fully saturated rings. The molecule has 1 amide bonds. The third kappa shape index (κ3) is 4.79. The van der Waals surface area contributed by atoms with Crippen LogP contribution in [0.4, 0.5) is 24.7 Å². The summed E-state index contributed by atoms with van der Waals surface area (Å²) in [4.78, 5) is 22.6. The second kappa shape index (κ2) is 9.13. The second-order valence-electron chi connectivity index (χ2n) is 7.72. The molecular weight excluding hydrogens is 437 g/mol. The van der Waals surface area contributed by atoms with Crippen LogP contribution in [0.15, 0.2) is 42.5 Å². The van der Waals surface area contributed by atoms with Crippen molar-refractivity contribution in [2.45, 2.75) is 19.0 Å². The maximum atomic E-state index is 13.8. The average molecular weight is 460 g/mol. The van der Waals surface area contributed by atoms with E-state index in [0.717, 1.165) is 0 Å². The van der Waals surface area contributed by atoms with Crippen LogP contribution in [-0.4, -0.2) is 43.2 Å². The summed E-state index contributed by atoms with van der Waals surface area (Å²) >= 11 is 0. The molecule has 1 N–H and O–H groups in total. The number of ether oxygens (including phenoxy) is 2. The summed E-state index contributed by atoms with van der Waals surface area (Å²) in [6.45, 7) is 0.451. The van der Waals surface area contributed by atoms with Gasteiger partial charge in [0.25, 0.3) is 0 Å². The number of piperidine rings is 1. The molecule has 0 aliphatic carbocycles. The Morgan fingerprint density at radius 3 is 2.48 bits per heavy atom. The molecule has 0 spiro atoms. The number of carbonyl (C=O) groups is 1. The Balaban J connectivity index is 1.59. The highest BCUT2D eigenvalue weighted by molar-refractivity contribution is 5.94. The molecule has 174 valence electrons. The van der Waals surface area contributed by atoms with Gasteiger partial charge in [0.2, 0.25) is 5.91 Å². The van der Waals surface area contributed by atoms with E-state index in [4.69, 9.17) is 9.47 Å². The number of amides is 1. The van der Waals surface area contributed by atoms with Crippen LogP contribution in [0, 0.1) is 5.92 Å². The number of hydrogen-bond acceptors (Lipinski definition) is 6. The fraction of sp³-hybridized carbons (Fsp3) is 0.348. The molecule has 0 saturated carbocycles. The Kier molecular flexibility index (Phi) is 6.26. The summed E-state index contributed by atoms with van der Waals surface area (Å²) in [5.74, 6) is -0.0792. The minimum Gasteiger partial charge on any atom is -0.497 e. The first-order valence-corrected chi connectivity index (χ1v) is 10.4. The van der Waals surface area contributed by atoms with Crippen molar-refractivity contribution in [2.75, 3.05) is 37.5 Å². The number of benzene rings is 2. The van der Waals surface area contributed by atoms with Crippen LogP contribution in [0.3, 0.4) is 0 Å². The van der Waals surface area contributed by atoms with Crippen LogP contribution in [0.1, 0.15) is 18.5 Å². The Morgan fingerprint density at radius 2 is 1.82 bits per heavy atom. The van der Waals surface area contributed by atoms with E-state index in [1.165, 1.54) is 25.2 Å². The van der Waals surface area contributed by atoms with Gasteiger partial charge in [0.1, 0.15) is 11.5 Å². The van der Waals surface area contributed by atoms with Gasteiger partial charge in [-0.05, 0) is 37.1 Å². The molecule has 0 radical (unpaired) electrons. The van der Waals surface area contributed by atoms with Crippen LogP contribution in [0.2, 0.25) is 0 Å². The predicted octanol–water partition coefficient (Wildman–Crippen LogP) is 4.52. The maximum Gasteiger partial charge on any atom is 0.437 e. The number of aromatic nitrogens is 2. The van der Waals surface area contributed by atoms with Crippen LogP contribution in [0.25, 0.3) is 11.0 Å². The van der Waals surface area contributed by atoms with E-state index >= 15 is 0 Å². The van der Waals surface area contributed by atoms with Crippen LogP contribution >= 0.6 is 0 Å². The number of nitrogens with one attached hydrogen (secondary N) is 1. The molecule has 7 nitrogen and oxygen atoms in total. The molecule has 1 atom stereocenters. The number of hydrogen-bond donors (Lipinski definition) is 1. The lowest BCUT2D eigenvalue weighted by molar-refractivity contribution is -0.140. The maximum absolute atomic E-state index is 13.8. The summed E-state index contributed by atoms with van der Waals surface area (Å²) in [7, 11) is 3.00. The number of rotatable bonds is 5. The molecule has 1 aliphatic rings. The minimum absolute atomic E-state index is 0.0976. The summed E-state index contributed by atoms with van der Waals surface area (Å²) in [5.41, 5.74) is -0.0393. The molecule has 0 bridgehead atoms. The number of methoxy groups -OCH3 is 2. The molecular formula is C23H23F3N4O3. The summed E-state index contributed by atoms with van der Waals surface area (Å²) < 4.78 is 51.8. The first kappa shape index (κ1) is 22.6. The van der Waals surface area contributed by atoms with Crippen molar-refractivity contribution in [3.8, 4) is 11.5 Å². The standard InChI is InChI=1S/C23H23F3N4O3/c1-32-15-9-10-18(19(12-15)33-2)29-22(31)14-6-5-11-30(13-14)21-20(23(24,25)26)27-16-7-3-4-8-17(16)28-21/h3-4,7-10,12,14H,5-6,11,13H2,1-2H3,(H,29,31). The molecule has 3 aromatic rings. The van der Waals surface area contributed by atoms with Crippen LogP contribution in [0.5, 0.6) is 11.5 Å². The number of para-hydroxylation sites is 2. The SMILES string of the molecule is COc1ccc(NC(=O)C2CCCN(c3nc4ccccc4nc3C(F)(F)F)C2)c(OC)c1. The Morgan fingerprint density at radius 1 is 1.09 bits per heavy atom. The van der Waals surface area contributed by atoms with E-state index in [0.29, 0.717) is 42.1 Å². The van der Waals surface area contributed by atoms with E-state index < -0.39 is 17.8 Å². The monoisotopic (exact) mass is 460 g/mol. The van der Waals surface area contributed by atoms with Gasteiger partial charge >= 0.3 is 6.18 Å². The van der Waals surface area contributed by atoms with Crippen molar-refractivity contribution >= 4 is 28.4 Å². The number of carbonyl (C=O) groups excluding carboxylic acids is 1. The third-order valence-corrected chi connectivity index (χ3v) is 5.58. The van der Waals surface area contributed by atoms with Gasteiger partial charge in [-0.3, -0.25) is 4.79 Å². The van der Waals surface area contributed by atoms with Crippen molar-refractivity contribution in [3.63, 3.8) is 0 Å². The largest absolute Gasteiger partial charge is 0.497 e. The van der Waals surface area contributed by atoms with E-state index in [1.807, 2.05) is 0 Å². The van der Waals surface area contributed by atoms with Crippen molar-refractivity contribution in [3.05, 3.63) is 48.2 Å². The van der Waals surface area contributed by atoms with Crippen molar-refractivity contribution < 1.29 is 27.4 Å². The number of anilines is 2. The number of fused-ring (bicyclic) bond motifs is 1. The second-order valence-corrected chi connectivity index (χ2v) is 7.72. The first-order chi connectivity index (χ1) is 15.8. The molecule has 1 saturated heterocycles. The smallest absolute Gasteiger partial charge is 0.437 e. The molecule has 33 heavy (non-hydrogen) atoms. The van der Waals surface area contributed by atoms with Crippen molar-refractivity contribution in [1.82, 2.24) is 9.97 Å². The Hall–Kier alpha value is -3.56. The van der Waals surface area contributed by atoms with Gasteiger partial charge in [0, 0.05) is 19.2 Å². The molecule has 2 heterocycles. The highest BCUT2D eigenvalue weighted by Gasteiger charge is 2.40. The minimum atomic E-state index is -4.67. The van der Waals surface area contributed by atoms with Gasteiger partial charge in [-0.2, -0.15) is 13.2 Å². The number of nitrogens with zero attached hydrogens (tertiary/aromatic N) is 3. The molecule has 4 rings (SSSR count). The summed E-state index contributed by atoms with van der Waals surface area (Å²) in [6.07, 6.45) is -3.58. The van der Waals surface area contributed by atoms with E-state index in [-0.39, 0.29) is 23.8 Å². The summed E-state index contributed by atoms with van der Waals surface area (Å²) in [6, 6.07) is 11.4. The van der Waals surface area contributed by atoms with Crippen LogP contribution in [-0.2, 0) is 11.0 Å². The predicted molar refractivity (Wildman–Crippen MR) is 118 cm³/mol. The zero-order valence-electron chi connectivity index (χ0n) is 18.1. The first-order valence-electron chi connectivity index (χ1n) is 10.4. The van der Waals surface area contributed by atoms with Gasteiger partial charge in [0.15, 0.2) is 11.5 Å². The van der Waals surface area contributed by atoms with Gasteiger partial charge in [-0.25, -0.2) is 9.97 Å². The third-order valence-electron chi connectivity index (χ3n) is 5.58. The van der Waals surface area contributed by atoms with E-state index in [2.05, 4.69) is 15.3 Å². The topological polar surface area (TPSA) is 76.6 Å². The Bertz CT molecular complexity index is 1170. The van der Waals surface area contributed by atoms with Gasteiger partial charge in [-0.1, -0.05) is 12.1 Å². The fourth-order valence-corrected chi connectivity index (χ4v) is 3.92. The number of alkyl halides is 3. The lowest BCUT2D eigenvalue weighted by Gasteiger charge is -2.34. The molecule has 1 aliphatic heterocycles. The lowest BCUT2D eigenvalue weighted by Crippen LogP contribution is -2.42. The molecule has 1 aromatic heterocycles. The quantitative estimate of drug-likeness (QED) is 0.603. The molecule has 1 unspecified atom stereocenters. The fourth-order valence-electron chi connectivity index (χ4n) is 3.92. The highest BCUT2D eigenvalue weighted by Crippen LogP contribution is 2.37. The Labute approximate surface area is 188 Å². The van der Waals surface area contributed by atoms with E-state index in [9.17, 15) is 18.0 Å². The van der Waals surface area contributed by atoms with Gasteiger partial charge < -0.3 is 19.7 Å². The van der Waals surface area contributed by atoms with Crippen molar-refractivity contribution in [1.29, 1.82) is 0 Å². The van der Waals surface area contributed by atoms with Crippen LogP contribution < -0.4 is 19.7 Å². The normalized spacial score (nSPS) is 16.5. The molecule has 10 heteroatoms. The molecule has 2 aromatic carbocycles. The van der Waals surface area contributed by atoms with Crippen molar-refractivity contribution in [2.24, 2.45) is 5.92 Å².